The maximum Gasteiger partial charge on any atom is 0.220 e. The monoisotopic (exact) mass is 224 g/mol. The van der Waals surface area contributed by atoms with Crippen molar-refractivity contribution < 1.29 is 0 Å². The molecule has 0 aliphatic carbocycles. The van der Waals surface area contributed by atoms with Crippen molar-refractivity contribution in [3.8, 4) is 0 Å². The Morgan fingerprint density at radius 2 is 1.75 bits per heavy atom. The summed E-state index contributed by atoms with van der Waals surface area (Å²) in [5.41, 5.74) is 0. The van der Waals surface area contributed by atoms with Crippen molar-refractivity contribution in [1.82, 2.24) is 9.80 Å². The van der Waals surface area contributed by atoms with E-state index in [2.05, 4.69) is 33.4 Å². The Kier molecular flexibility index (Phi) is 8.43. The summed E-state index contributed by atoms with van der Waals surface area (Å²) in [7, 11) is 3.90. The van der Waals surface area contributed by atoms with Crippen molar-refractivity contribution in [2.24, 2.45) is 9.98 Å². The van der Waals surface area contributed by atoms with Crippen LogP contribution in [0.25, 0.3) is 0 Å². The lowest BCUT2D eigenvalue weighted by Gasteiger charge is -2.32. The van der Waals surface area contributed by atoms with Crippen molar-refractivity contribution >= 4 is 12.2 Å². The number of aliphatic imine (C=N–C) groups is 2. The average Bonchev–Trinajstić information content (AvgIpc) is 2.35. The summed E-state index contributed by atoms with van der Waals surface area (Å²) in [6.45, 7) is 11.7. The number of allylic oxidation sites excluding steroid dienone is 1. The van der Waals surface area contributed by atoms with Gasteiger partial charge in [-0.1, -0.05) is 26.5 Å². The van der Waals surface area contributed by atoms with Crippen LogP contribution >= 0.6 is 0 Å². The molecule has 4 nitrogen and oxygen atoms in total. The lowest BCUT2D eigenvalue weighted by molar-refractivity contribution is 0.214. The van der Waals surface area contributed by atoms with Crippen molar-refractivity contribution in [3.63, 3.8) is 0 Å². The van der Waals surface area contributed by atoms with Gasteiger partial charge in [-0.15, -0.1) is 0 Å². The summed E-state index contributed by atoms with van der Waals surface area (Å²) >= 11 is 0. The van der Waals surface area contributed by atoms with Gasteiger partial charge in [-0.25, -0.2) is 4.99 Å². The number of rotatable bonds is 1. The van der Waals surface area contributed by atoms with E-state index in [9.17, 15) is 0 Å². The van der Waals surface area contributed by atoms with Gasteiger partial charge in [0.25, 0.3) is 0 Å². The van der Waals surface area contributed by atoms with Gasteiger partial charge in [0.1, 0.15) is 0 Å². The summed E-state index contributed by atoms with van der Waals surface area (Å²) in [5, 5.41) is 0. The predicted molar refractivity (Wildman–Crippen MR) is 72.5 cm³/mol. The molecule has 0 radical (unpaired) electrons. The Labute approximate surface area is 99.4 Å². The molecule has 1 saturated heterocycles. The minimum Gasteiger partial charge on any atom is -0.339 e. The van der Waals surface area contributed by atoms with Gasteiger partial charge in [-0.3, -0.25) is 4.99 Å². The predicted octanol–water partition coefficient (Wildman–Crippen LogP) is 1.50. The van der Waals surface area contributed by atoms with Gasteiger partial charge in [0.05, 0.1) is 0 Å². The number of nitrogens with zero attached hydrogens (tertiary/aromatic N) is 4. The van der Waals surface area contributed by atoms with Gasteiger partial charge in [-0.05, 0) is 7.05 Å². The quantitative estimate of drug-likeness (QED) is 0.499. The van der Waals surface area contributed by atoms with Crippen molar-refractivity contribution in [1.29, 1.82) is 0 Å². The van der Waals surface area contributed by atoms with E-state index in [1.807, 2.05) is 13.8 Å². The molecule has 0 aromatic heterocycles. The molecule has 0 saturated carbocycles. The zero-order valence-corrected chi connectivity index (χ0v) is 11.0. The Bertz CT molecular complexity index is 237. The lowest BCUT2D eigenvalue weighted by atomic mass is 10.3. The van der Waals surface area contributed by atoms with Gasteiger partial charge >= 0.3 is 0 Å². The first kappa shape index (κ1) is 14.8. The molecule has 1 aliphatic heterocycles. The zero-order valence-electron chi connectivity index (χ0n) is 11.0. The second-order valence-corrected chi connectivity index (χ2v) is 3.33. The van der Waals surface area contributed by atoms with Crippen LogP contribution in [0.4, 0.5) is 0 Å². The molecule has 0 amide bonds. The Morgan fingerprint density at radius 1 is 1.19 bits per heavy atom. The van der Waals surface area contributed by atoms with Gasteiger partial charge in [-0.2, -0.15) is 0 Å². The third kappa shape index (κ3) is 5.07. The molecule has 1 heterocycles. The highest BCUT2D eigenvalue weighted by Crippen LogP contribution is 2.01. The molecule has 0 bridgehead atoms. The summed E-state index contributed by atoms with van der Waals surface area (Å²) in [4.78, 5) is 12.9. The molecule has 0 atom stereocenters. The fourth-order valence-corrected chi connectivity index (χ4v) is 1.41. The molecular weight excluding hydrogens is 200 g/mol. The molecule has 16 heavy (non-hydrogen) atoms. The largest absolute Gasteiger partial charge is 0.339 e. The summed E-state index contributed by atoms with van der Waals surface area (Å²) in [6.07, 6.45) is 3.35. The van der Waals surface area contributed by atoms with Crippen molar-refractivity contribution in [2.45, 2.75) is 13.8 Å². The second kappa shape index (κ2) is 9.09. The van der Waals surface area contributed by atoms with Crippen LogP contribution in [0, 0.1) is 0 Å². The first-order valence-corrected chi connectivity index (χ1v) is 5.83. The third-order valence-electron chi connectivity index (χ3n) is 2.28. The Balaban J connectivity index is 0.00000106. The van der Waals surface area contributed by atoms with Crippen LogP contribution in [-0.4, -0.2) is 62.2 Å². The van der Waals surface area contributed by atoms with Crippen LogP contribution < -0.4 is 0 Å². The molecule has 92 valence electrons. The normalized spacial score (nSPS) is 18.2. The summed E-state index contributed by atoms with van der Waals surface area (Å²) in [6, 6.07) is 0. The minimum absolute atomic E-state index is 0.804. The molecule has 1 fully saturated rings. The fourth-order valence-electron chi connectivity index (χ4n) is 1.41. The molecule has 4 heteroatoms. The van der Waals surface area contributed by atoms with Gasteiger partial charge < -0.3 is 9.80 Å². The highest BCUT2D eigenvalue weighted by Gasteiger charge is 2.15. The van der Waals surface area contributed by atoms with Gasteiger partial charge in [0, 0.05) is 39.4 Å². The van der Waals surface area contributed by atoms with Crippen LogP contribution in [0.15, 0.2) is 22.6 Å². The number of hydrogen-bond acceptors (Lipinski definition) is 2. The number of guanidine groups is 1. The fraction of sp³-hybridized carbons (Fsp3) is 0.667. The number of hydrogen-bond donors (Lipinski definition) is 0. The molecular formula is C12H24N4. The van der Waals surface area contributed by atoms with Crippen LogP contribution in [0.3, 0.4) is 0 Å². The van der Waals surface area contributed by atoms with Crippen LogP contribution in [-0.2, 0) is 0 Å². The molecule has 1 rings (SSSR count). The summed E-state index contributed by atoms with van der Waals surface area (Å²) < 4.78 is 0. The smallest absolute Gasteiger partial charge is 0.220 e. The number of piperazine rings is 1. The van der Waals surface area contributed by atoms with E-state index >= 15 is 0 Å². The SMILES string of the molecule is C=C/C=N\C(=NC)N1CCN(C)CC1.CC. The molecule has 0 N–H and O–H groups in total. The van der Waals surface area contributed by atoms with E-state index in [0.717, 1.165) is 32.1 Å². The standard InChI is InChI=1S/C10H18N4.C2H6/c1-4-5-12-10(11-2)14-8-6-13(3)7-9-14;1-2/h4-5H,1,6-9H2,2-3H3;1-2H3/b11-10?,12-5-;. The summed E-state index contributed by atoms with van der Waals surface area (Å²) in [5.74, 6) is 0.804. The maximum absolute atomic E-state index is 4.22. The van der Waals surface area contributed by atoms with E-state index < -0.39 is 0 Å². The molecule has 1 aliphatic rings. The Hall–Kier alpha value is -1.16. The van der Waals surface area contributed by atoms with Crippen molar-refractivity contribution in [3.05, 3.63) is 12.7 Å². The minimum atomic E-state index is 0.804. The average molecular weight is 224 g/mol. The first-order valence-electron chi connectivity index (χ1n) is 5.83. The van der Waals surface area contributed by atoms with E-state index in [4.69, 9.17) is 0 Å². The third-order valence-corrected chi connectivity index (χ3v) is 2.28. The van der Waals surface area contributed by atoms with Crippen LogP contribution in [0.5, 0.6) is 0 Å². The highest BCUT2D eigenvalue weighted by molar-refractivity contribution is 5.90. The highest BCUT2D eigenvalue weighted by atomic mass is 15.3. The Morgan fingerprint density at radius 3 is 2.19 bits per heavy atom. The van der Waals surface area contributed by atoms with Gasteiger partial charge in [0.15, 0.2) is 0 Å². The molecule has 0 spiro atoms. The molecule has 0 aromatic carbocycles. The maximum atomic E-state index is 4.22. The first-order chi connectivity index (χ1) is 7.77. The van der Waals surface area contributed by atoms with E-state index in [0.29, 0.717) is 0 Å². The van der Waals surface area contributed by atoms with E-state index in [1.165, 1.54) is 0 Å². The van der Waals surface area contributed by atoms with Gasteiger partial charge in [0.2, 0.25) is 5.96 Å². The molecule has 0 unspecified atom stereocenters. The topological polar surface area (TPSA) is 31.2 Å². The lowest BCUT2D eigenvalue weighted by Crippen LogP contribution is -2.46. The number of likely N-dealkylation sites (N-methyl/N-ethyl adjacent to an activating group) is 1. The van der Waals surface area contributed by atoms with Crippen LogP contribution in [0.2, 0.25) is 0 Å². The van der Waals surface area contributed by atoms with E-state index in [1.54, 1.807) is 19.3 Å². The van der Waals surface area contributed by atoms with Crippen molar-refractivity contribution in [2.75, 3.05) is 40.3 Å². The van der Waals surface area contributed by atoms with Crippen LogP contribution in [0.1, 0.15) is 13.8 Å². The second-order valence-electron chi connectivity index (χ2n) is 3.33. The van der Waals surface area contributed by atoms with E-state index in [-0.39, 0.29) is 0 Å². The molecule has 0 aromatic rings. The zero-order chi connectivity index (χ0) is 12.4.